The predicted octanol–water partition coefficient (Wildman–Crippen LogP) is 5.18. The molecule has 0 unspecified atom stereocenters. The molecule has 3 rings (SSSR count). The first kappa shape index (κ1) is 21.1. The highest BCUT2D eigenvalue weighted by atomic mass is 16.5. The average Bonchev–Trinajstić information content (AvgIpc) is 2.74. The molecule has 0 aromatic heterocycles. The summed E-state index contributed by atoms with van der Waals surface area (Å²) in [5.41, 5.74) is 3.88. The first-order chi connectivity index (χ1) is 14.4. The van der Waals surface area contributed by atoms with E-state index in [2.05, 4.69) is 49.6 Å². The van der Waals surface area contributed by atoms with Crippen molar-refractivity contribution in [3.05, 3.63) is 102 Å². The molecule has 0 amide bonds. The van der Waals surface area contributed by atoms with Crippen molar-refractivity contribution < 1.29 is 19.1 Å². The summed E-state index contributed by atoms with van der Waals surface area (Å²) in [6.45, 7) is 8.95. The van der Waals surface area contributed by atoms with E-state index in [0.717, 1.165) is 22.8 Å². The van der Waals surface area contributed by atoms with E-state index < -0.39 is 11.9 Å². The molecule has 0 radical (unpaired) electrons. The monoisotopic (exact) mass is 400 g/mol. The number of carbonyl (C=O) groups is 2. The van der Waals surface area contributed by atoms with Gasteiger partial charge in [0, 0.05) is 18.1 Å². The molecule has 0 fully saturated rings. The fraction of sp³-hybridized carbons (Fsp3) is 0.154. The molecule has 0 N–H and O–H groups in total. The quantitative estimate of drug-likeness (QED) is 0.297. The summed E-state index contributed by atoms with van der Waals surface area (Å²) in [4.78, 5) is 22.8. The Morgan fingerprint density at radius 1 is 0.900 bits per heavy atom. The predicted molar refractivity (Wildman–Crippen MR) is 119 cm³/mol. The number of ether oxygens (including phenoxy) is 2. The minimum Gasteiger partial charge on any atom is -0.462 e. The molecule has 3 aromatic carbocycles. The van der Waals surface area contributed by atoms with Crippen LogP contribution in [0.2, 0.25) is 0 Å². The van der Waals surface area contributed by atoms with Crippen LogP contribution in [0.1, 0.15) is 23.6 Å². The first-order valence-electron chi connectivity index (χ1n) is 9.72. The van der Waals surface area contributed by atoms with E-state index in [9.17, 15) is 9.59 Å². The van der Waals surface area contributed by atoms with Crippen LogP contribution in [-0.4, -0.2) is 18.5 Å². The van der Waals surface area contributed by atoms with Gasteiger partial charge in [-0.3, -0.25) is 0 Å². The van der Waals surface area contributed by atoms with E-state index in [1.54, 1.807) is 13.0 Å². The van der Waals surface area contributed by atoms with Gasteiger partial charge in [0.1, 0.15) is 5.75 Å². The van der Waals surface area contributed by atoms with Crippen LogP contribution in [0.25, 0.3) is 10.8 Å². The number of fused-ring (bicyclic) bond motifs is 1. The fourth-order valence-electron chi connectivity index (χ4n) is 3.03. The van der Waals surface area contributed by atoms with Crippen LogP contribution in [0.5, 0.6) is 5.75 Å². The Bertz CT molecular complexity index is 1090. The summed E-state index contributed by atoms with van der Waals surface area (Å²) in [6.07, 6.45) is 2.66. The molecule has 4 nitrogen and oxygen atoms in total. The Morgan fingerprint density at radius 2 is 1.53 bits per heavy atom. The molecule has 4 heteroatoms. The maximum Gasteiger partial charge on any atom is 0.338 e. The van der Waals surface area contributed by atoms with Gasteiger partial charge in [-0.25, -0.2) is 9.59 Å². The molecule has 0 atom stereocenters. The van der Waals surface area contributed by atoms with Crippen molar-refractivity contribution in [1.29, 1.82) is 0 Å². The zero-order valence-electron chi connectivity index (χ0n) is 17.0. The Labute approximate surface area is 176 Å². The van der Waals surface area contributed by atoms with Gasteiger partial charge in [0.2, 0.25) is 0 Å². The number of rotatable bonds is 8. The maximum absolute atomic E-state index is 11.7. The van der Waals surface area contributed by atoms with Crippen LogP contribution in [0.4, 0.5) is 0 Å². The van der Waals surface area contributed by atoms with Crippen molar-refractivity contribution in [3.63, 3.8) is 0 Å². The average molecular weight is 400 g/mol. The summed E-state index contributed by atoms with van der Waals surface area (Å²) < 4.78 is 10.3. The van der Waals surface area contributed by atoms with Crippen LogP contribution in [0, 0.1) is 0 Å². The summed E-state index contributed by atoms with van der Waals surface area (Å²) in [7, 11) is 0. The number of hydrogen-bond donors (Lipinski definition) is 0. The third kappa shape index (κ3) is 5.67. The van der Waals surface area contributed by atoms with E-state index in [4.69, 9.17) is 9.47 Å². The second-order valence-electron chi connectivity index (χ2n) is 7.13. The van der Waals surface area contributed by atoms with E-state index in [1.807, 2.05) is 18.2 Å². The standard InChI is InChI=1S/C26H24O4/c1-4-25(27)29-14-13-19-5-7-20(8-6-19)15-21-9-10-23-17-24(12-11-22(23)16-21)30-26(28)18(2)3/h4-12,16-17H,1-2,13-15H2,3H3. The van der Waals surface area contributed by atoms with Crippen LogP contribution in [0.3, 0.4) is 0 Å². The maximum atomic E-state index is 11.7. The molecule has 30 heavy (non-hydrogen) atoms. The molecule has 3 aromatic rings. The summed E-state index contributed by atoms with van der Waals surface area (Å²) >= 11 is 0. The highest BCUT2D eigenvalue weighted by Crippen LogP contribution is 2.24. The molecule has 0 aliphatic rings. The van der Waals surface area contributed by atoms with Gasteiger partial charge >= 0.3 is 11.9 Å². The van der Waals surface area contributed by atoms with E-state index in [-0.39, 0.29) is 0 Å². The minimum atomic E-state index is -0.423. The van der Waals surface area contributed by atoms with Gasteiger partial charge < -0.3 is 9.47 Å². The van der Waals surface area contributed by atoms with Crippen LogP contribution in [-0.2, 0) is 27.2 Å². The van der Waals surface area contributed by atoms with Crippen molar-refractivity contribution >= 4 is 22.7 Å². The van der Waals surface area contributed by atoms with Gasteiger partial charge in [-0.2, -0.15) is 0 Å². The van der Waals surface area contributed by atoms with E-state index in [1.165, 1.54) is 17.2 Å². The molecule has 0 saturated carbocycles. The Morgan fingerprint density at radius 3 is 2.23 bits per heavy atom. The first-order valence-corrected chi connectivity index (χ1v) is 9.72. The van der Waals surface area contributed by atoms with Crippen LogP contribution >= 0.6 is 0 Å². The third-order valence-electron chi connectivity index (χ3n) is 4.67. The molecule has 0 saturated heterocycles. The van der Waals surface area contributed by atoms with Crippen molar-refractivity contribution in [2.45, 2.75) is 19.8 Å². The summed E-state index contributed by atoms with van der Waals surface area (Å²) in [5, 5.41) is 2.10. The van der Waals surface area contributed by atoms with E-state index >= 15 is 0 Å². The van der Waals surface area contributed by atoms with Gasteiger partial charge in [0.25, 0.3) is 0 Å². The van der Waals surface area contributed by atoms with Crippen molar-refractivity contribution in [3.8, 4) is 5.75 Å². The zero-order chi connectivity index (χ0) is 21.5. The second kappa shape index (κ2) is 9.70. The Balaban J connectivity index is 1.64. The SMILES string of the molecule is C=CC(=O)OCCc1ccc(Cc2ccc3cc(OC(=O)C(=C)C)ccc3c2)cc1. The highest BCUT2D eigenvalue weighted by molar-refractivity contribution is 5.90. The summed E-state index contributed by atoms with van der Waals surface area (Å²) in [5.74, 6) is -0.310. The van der Waals surface area contributed by atoms with Crippen molar-refractivity contribution in [2.75, 3.05) is 6.61 Å². The van der Waals surface area contributed by atoms with Gasteiger partial charge in [-0.15, -0.1) is 0 Å². The molecule has 152 valence electrons. The molecule has 0 aliphatic heterocycles. The van der Waals surface area contributed by atoms with Gasteiger partial charge in [0.15, 0.2) is 0 Å². The largest absolute Gasteiger partial charge is 0.462 e. The fourth-order valence-corrected chi connectivity index (χ4v) is 3.03. The number of esters is 2. The van der Waals surface area contributed by atoms with E-state index in [0.29, 0.717) is 24.4 Å². The van der Waals surface area contributed by atoms with Crippen molar-refractivity contribution in [1.82, 2.24) is 0 Å². The lowest BCUT2D eigenvalue weighted by molar-refractivity contribution is -0.137. The zero-order valence-corrected chi connectivity index (χ0v) is 17.0. The number of hydrogen-bond acceptors (Lipinski definition) is 4. The molecular formula is C26H24O4. The lowest BCUT2D eigenvalue weighted by atomic mass is 10.00. The smallest absolute Gasteiger partial charge is 0.338 e. The Kier molecular flexibility index (Phi) is 6.81. The van der Waals surface area contributed by atoms with Gasteiger partial charge in [-0.05, 0) is 52.9 Å². The molecule has 0 bridgehead atoms. The molecular weight excluding hydrogens is 376 g/mol. The molecule has 0 heterocycles. The Hall–Kier alpha value is -3.66. The van der Waals surface area contributed by atoms with Gasteiger partial charge in [0.05, 0.1) is 6.61 Å². The number of benzene rings is 3. The minimum absolute atomic E-state index is 0.346. The normalized spacial score (nSPS) is 10.4. The van der Waals surface area contributed by atoms with Crippen LogP contribution in [0.15, 0.2) is 85.5 Å². The highest BCUT2D eigenvalue weighted by Gasteiger charge is 2.07. The van der Waals surface area contributed by atoms with Gasteiger partial charge in [-0.1, -0.05) is 61.7 Å². The van der Waals surface area contributed by atoms with Crippen LogP contribution < -0.4 is 4.74 Å². The number of carbonyl (C=O) groups excluding carboxylic acids is 2. The third-order valence-corrected chi connectivity index (χ3v) is 4.67. The topological polar surface area (TPSA) is 52.6 Å². The molecule has 0 aliphatic carbocycles. The van der Waals surface area contributed by atoms with Crippen molar-refractivity contribution in [2.24, 2.45) is 0 Å². The second-order valence-corrected chi connectivity index (χ2v) is 7.13. The molecule has 0 spiro atoms. The summed E-state index contributed by atoms with van der Waals surface area (Å²) in [6, 6.07) is 20.1. The lowest BCUT2D eigenvalue weighted by Gasteiger charge is -2.08. The lowest BCUT2D eigenvalue weighted by Crippen LogP contribution is -2.07.